The molecule has 0 spiro atoms. The fourth-order valence-corrected chi connectivity index (χ4v) is 2.76. The molecule has 1 atom stereocenters. The zero-order valence-electron chi connectivity index (χ0n) is 13.7. The largest absolute Gasteiger partial charge is 0.487 e. The van der Waals surface area contributed by atoms with Crippen molar-refractivity contribution >= 4 is 23.2 Å². The summed E-state index contributed by atoms with van der Waals surface area (Å²) < 4.78 is 11.0. The predicted octanol–water partition coefficient (Wildman–Crippen LogP) is 2.63. The summed E-state index contributed by atoms with van der Waals surface area (Å²) >= 11 is 6.25. The first kappa shape index (κ1) is 17.7. The van der Waals surface area contributed by atoms with Crippen molar-refractivity contribution in [3.63, 3.8) is 0 Å². The van der Waals surface area contributed by atoms with Crippen LogP contribution in [-0.4, -0.2) is 36.7 Å². The van der Waals surface area contributed by atoms with E-state index in [1.165, 1.54) is 0 Å². The van der Waals surface area contributed by atoms with Crippen LogP contribution in [0.3, 0.4) is 0 Å². The van der Waals surface area contributed by atoms with E-state index < -0.39 is 0 Å². The number of halogens is 1. The minimum atomic E-state index is -0.0805. The molecule has 0 bridgehead atoms. The van der Waals surface area contributed by atoms with Gasteiger partial charge in [-0.2, -0.15) is 0 Å². The number of ether oxygens (including phenoxy) is 2. The Hall–Kier alpha value is -2.15. The lowest BCUT2D eigenvalue weighted by Crippen LogP contribution is -2.43. The van der Waals surface area contributed by atoms with Crippen LogP contribution in [0.1, 0.15) is 12.0 Å². The second-order valence-electron chi connectivity index (χ2n) is 5.77. The van der Waals surface area contributed by atoms with Crippen LogP contribution in [0, 0.1) is 0 Å². The summed E-state index contributed by atoms with van der Waals surface area (Å²) in [5, 5.41) is 6.54. The third-order valence-electron chi connectivity index (χ3n) is 3.76. The normalized spacial score (nSPS) is 17.1. The average molecular weight is 362 g/mol. The SMILES string of the molecule is O=C(CC1COCCN1)Nc1ccc(OCc2cccnc2)c(Cl)c1. The molecule has 0 saturated carbocycles. The van der Waals surface area contributed by atoms with Crippen LogP contribution in [-0.2, 0) is 16.1 Å². The molecule has 7 heteroatoms. The molecule has 6 nitrogen and oxygen atoms in total. The lowest BCUT2D eigenvalue weighted by molar-refractivity contribution is -0.117. The van der Waals surface area contributed by atoms with Gasteiger partial charge in [0.1, 0.15) is 12.4 Å². The van der Waals surface area contributed by atoms with Gasteiger partial charge in [-0.1, -0.05) is 17.7 Å². The Balaban J connectivity index is 1.53. The van der Waals surface area contributed by atoms with E-state index in [2.05, 4.69) is 15.6 Å². The van der Waals surface area contributed by atoms with Crippen molar-refractivity contribution in [3.05, 3.63) is 53.3 Å². The molecule has 1 aliphatic heterocycles. The zero-order valence-corrected chi connectivity index (χ0v) is 14.5. The summed E-state index contributed by atoms with van der Waals surface area (Å²) in [6.45, 7) is 2.39. The lowest BCUT2D eigenvalue weighted by atomic mass is 10.2. The van der Waals surface area contributed by atoms with Crippen molar-refractivity contribution in [3.8, 4) is 5.75 Å². The number of aromatic nitrogens is 1. The number of nitrogens with zero attached hydrogens (tertiary/aromatic N) is 1. The summed E-state index contributed by atoms with van der Waals surface area (Å²) in [5.41, 5.74) is 1.60. The van der Waals surface area contributed by atoms with Gasteiger partial charge in [-0.3, -0.25) is 9.78 Å². The van der Waals surface area contributed by atoms with E-state index in [0.717, 1.165) is 12.1 Å². The van der Waals surface area contributed by atoms with Crippen molar-refractivity contribution in [1.29, 1.82) is 0 Å². The van der Waals surface area contributed by atoms with Gasteiger partial charge in [-0.05, 0) is 24.3 Å². The van der Waals surface area contributed by atoms with Gasteiger partial charge >= 0.3 is 0 Å². The van der Waals surface area contributed by atoms with Crippen LogP contribution in [0.25, 0.3) is 0 Å². The van der Waals surface area contributed by atoms with Crippen LogP contribution in [0.4, 0.5) is 5.69 Å². The predicted molar refractivity (Wildman–Crippen MR) is 95.9 cm³/mol. The van der Waals surface area contributed by atoms with Gasteiger partial charge in [0.15, 0.2) is 0 Å². The molecule has 0 aliphatic carbocycles. The van der Waals surface area contributed by atoms with E-state index in [9.17, 15) is 4.79 Å². The molecule has 3 rings (SSSR count). The number of hydrogen-bond acceptors (Lipinski definition) is 5. The molecule has 1 aliphatic rings. The maximum absolute atomic E-state index is 12.1. The van der Waals surface area contributed by atoms with Gasteiger partial charge in [-0.15, -0.1) is 0 Å². The van der Waals surface area contributed by atoms with Crippen LogP contribution in [0.15, 0.2) is 42.7 Å². The highest BCUT2D eigenvalue weighted by Crippen LogP contribution is 2.28. The molecule has 2 heterocycles. The Kier molecular flexibility index (Phi) is 6.22. The van der Waals surface area contributed by atoms with Gasteiger partial charge in [-0.25, -0.2) is 0 Å². The van der Waals surface area contributed by atoms with Gasteiger partial charge in [0.25, 0.3) is 0 Å². The van der Waals surface area contributed by atoms with Gasteiger partial charge in [0, 0.05) is 42.7 Å². The minimum absolute atomic E-state index is 0.0475. The number of rotatable bonds is 6. The molecule has 1 amide bonds. The first-order valence-electron chi connectivity index (χ1n) is 8.13. The Bertz CT molecular complexity index is 706. The number of benzene rings is 1. The molecule has 1 aromatic carbocycles. The van der Waals surface area contributed by atoms with Crippen molar-refractivity contribution in [2.45, 2.75) is 19.1 Å². The molecule has 25 heavy (non-hydrogen) atoms. The quantitative estimate of drug-likeness (QED) is 0.827. The lowest BCUT2D eigenvalue weighted by Gasteiger charge is -2.23. The molecule has 1 aromatic heterocycles. The molecule has 1 unspecified atom stereocenters. The molecule has 2 N–H and O–H groups in total. The number of nitrogens with one attached hydrogen (secondary N) is 2. The number of anilines is 1. The fourth-order valence-electron chi connectivity index (χ4n) is 2.53. The van der Waals surface area contributed by atoms with E-state index in [0.29, 0.717) is 42.7 Å². The van der Waals surface area contributed by atoms with E-state index in [-0.39, 0.29) is 11.9 Å². The Labute approximate surface area is 151 Å². The highest BCUT2D eigenvalue weighted by molar-refractivity contribution is 6.32. The highest BCUT2D eigenvalue weighted by atomic mass is 35.5. The summed E-state index contributed by atoms with van der Waals surface area (Å²) in [6.07, 6.45) is 3.81. The fraction of sp³-hybridized carbons (Fsp3) is 0.333. The molecule has 132 valence electrons. The van der Waals surface area contributed by atoms with Crippen LogP contribution in [0.5, 0.6) is 5.75 Å². The summed E-state index contributed by atoms with van der Waals surface area (Å²) in [4.78, 5) is 16.1. The number of carbonyl (C=O) groups is 1. The van der Waals surface area contributed by atoms with E-state index >= 15 is 0 Å². The van der Waals surface area contributed by atoms with E-state index in [4.69, 9.17) is 21.1 Å². The zero-order chi connectivity index (χ0) is 17.5. The molecule has 1 fully saturated rings. The number of carbonyl (C=O) groups excluding carboxylic acids is 1. The van der Waals surface area contributed by atoms with E-state index in [1.807, 2.05) is 12.1 Å². The molecule has 1 saturated heterocycles. The van der Waals surface area contributed by atoms with Crippen molar-refractivity contribution in [2.24, 2.45) is 0 Å². The summed E-state index contributed by atoms with van der Waals surface area (Å²) in [7, 11) is 0. The maximum atomic E-state index is 12.1. The van der Waals surface area contributed by atoms with Gasteiger partial charge in [0.2, 0.25) is 5.91 Å². The van der Waals surface area contributed by atoms with Crippen LogP contribution < -0.4 is 15.4 Å². The van der Waals surface area contributed by atoms with Crippen molar-refractivity contribution in [1.82, 2.24) is 10.3 Å². The standard InChI is InChI=1S/C18H20ClN3O3/c19-16-8-14(22-18(23)9-15-12-24-7-6-21-15)3-4-17(16)25-11-13-2-1-5-20-10-13/h1-5,8,10,15,21H,6-7,9,11-12H2,(H,22,23). The van der Waals surface area contributed by atoms with Gasteiger partial charge in [0.05, 0.1) is 18.2 Å². The Morgan fingerprint density at radius 1 is 1.44 bits per heavy atom. The van der Waals surface area contributed by atoms with E-state index in [1.54, 1.807) is 30.6 Å². The molecule has 0 radical (unpaired) electrons. The third kappa shape index (κ3) is 5.42. The number of morpholine rings is 1. The highest BCUT2D eigenvalue weighted by Gasteiger charge is 2.17. The number of pyridine rings is 1. The number of amides is 1. The average Bonchev–Trinajstić information content (AvgIpc) is 2.63. The third-order valence-corrected chi connectivity index (χ3v) is 4.06. The minimum Gasteiger partial charge on any atom is -0.487 e. The molecular formula is C18H20ClN3O3. The Morgan fingerprint density at radius 3 is 3.08 bits per heavy atom. The molecule has 2 aromatic rings. The van der Waals surface area contributed by atoms with Gasteiger partial charge < -0.3 is 20.1 Å². The van der Waals surface area contributed by atoms with Crippen molar-refractivity contribution in [2.75, 3.05) is 25.1 Å². The summed E-state index contributed by atoms with van der Waals surface area (Å²) in [5.74, 6) is 0.481. The molecular weight excluding hydrogens is 342 g/mol. The topological polar surface area (TPSA) is 72.5 Å². The second kappa shape index (κ2) is 8.80. The second-order valence-corrected chi connectivity index (χ2v) is 6.18. The first-order chi connectivity index (χ1) is 12.2. The maximum Gasteiger partial charge on any atom is 0.226 e. The first-order valence-corrected chi connectivity index (χ1v) is 8.51. The smallest absolute Gasteiger partial charge is 0.226 e. The Morgan fingerprint density at radius 2 is 2.36 bits per heavy atom. The monoisotopic (exact) mass is 361 g/mol. The number of hydrogen-bond donors (Lipinski definition) is 2. The van der Waals surface area contributed by atoms with Crippen LogP contribution in [0.2, 0.25) is 5.02 Å². The van der Waals surface area contributed by atoms with Crippen molar-refractivity contribution < 1.29 is 14.3 Å². The summed E-state index contributed by atoms with van der Waals surface area (Å²) in [6, 6.07) is 9.03. The van der Waals surface area contributed by atoms with Crippen LogP contribution >= 0.6 is 11.6 Å².